The van der Waals surface area contributed by atoms with Gasteiger partial charge in [0.25, 0.3) is 0 Å². The van der Waals surface area contributed by atoms with Gasteiger partial charge in [-0.15, -0.1) is 0 Å². The third-order valence-electron chi connectivity index (χ3n) is 4.02. The van der Waals surface area contributed by atoms with Crippen LogP contribution in [0.4, 0.5) is 0 Å². The molecule has 3 rings (SSSR count). The highest BCUT2D eigenvalue weighted by Crippen LogP contribution is 2.40. The Kier molecular flexibility index (Phi) is 3.20. The van der Waals surface area contributed by atoms with Crippen molar-refractivity contribution in [2.24, 2.45) is 0 Å². The van der Waals surface area contributed by atoms with Gasteiger partial charge >= 0.3 is 0 Å². The third kappa shape index (κ3) is 1.97. The fourth-order valence-corrected chi connectivity index (χ4v) is 2.81. The van der Waals surface area contributed by atoms with E-state index in [0.717, 1.165) is 5.92 Å². The monoisotopic (exact) mass is 241 g/mol. The number of hydrogen-bond acceptors (Lipinski definition) is 2. The molecule has 0 bridgehead atoms. The fourth-order valence-electron chi connectivity index (χ4n) is 2.81. The van der Waals surface area contributed by atoms with E-state index in [4.69, 9.17) is 4.42 Å². The SMILES string of the molecule is CNC(c1ccoc1)c1ccccc1C1CCC1. The quantitative estimate of drug-likeness (QED) is 0.879. The van der Waals surface area contributed by atoms with Gasteiger partial charge in [0.1, 0.15) is 0 Å². The smallest absolute Gasteiger partial charge is 0.0953 e. The first-order valence-electron chi connectivity index (χ1n) is 6.68. The summed E-state index contributed by atoms with van der Waals surface area (Å²) >= 11 is 0. The number of hydrogen-bond donors (Lipinski definition) is 1. The maximum Gasteiger partial charge on any atom is 0.0953 e. The van der Waals surface area contributed by atoms with E-state index in [1.54, 1.807) is 6.26 Å². The minimum Gasteiger partial charge on any atom is -0.472 e. The van der Waals surface area contributed by atoms with Gasteiger partial charge in [-0.1, -0.05) is 30.7 Å². The second-order valence-corrected chi connectivity index (χ2v) is 5.04. The molecule has 0 aliphatic heterocycles. The summed E-state index contributed by atoms with van der Waals surface area (Å²) in [5.41, 5.74) is 4.10. The lowest BCUT2D eigenvalue weighted by molar-refractivity contribution is 0.415. The Balaban J connectivity index is 1.99. The number of rotatable bonds is 4. The minimum atomic E-state index is 0.237. The van der Waals surface area contributed by atoms with Crippen LogP contribution in [0.1, 0.15) is 47.9 Å². The van der Waals surface area contributed by atoms with Gasteiger partial charge in [0.2, 0.25) is 0 Å². The largest absolute Gasteiger partial charge is 0.472 e. The van der Waals surface area contributed by atoms with Gasteiger partial charge in [0, 0.05) is 5.56 Å². The highest BCUT2D eigenvalue weighted by atomic mass is 16.3. The molecule has 1 aromatic heterocycles. The molecule has 1 atom stereocenters. The van der Waals surface area contributed by atoms with Crippen LogP contribution in [-0.4, -0.2) is 7.05 Å². The topological polar surface area (TPSA) is 25.2 Å². The van der Waals surface area contributed by atoms with E-state index in [9.17, 15) is 0 Å². The maximum atomic E-state index is 5.22. The lowest BCUT2D eigenvalue weighted by Crippen LogP contribution is -2.21. The average molecular weight is 241 g/mol. The molecule has 1 N–H and O–H groups in total. The Morgan fingerprint density at radius 3 is 2.67 bits per heavy atom. The van der Waals surface area contributed by atoms with Crippen LogP contribution in [0.2, 0.25) is 0 Å². The summed E-state index contributed by atoms with van der Waals surface area (Å²) in [5, 5.41) is 3.40. The Hall–Kier alpha value is -1.54. The summed E-state index contributed by atoms with van der Waals surface area (Å²) < 4.78 is 5.22. The predicted octanol–water partition coefficient (Wildman–Crippen LogP) is 3.86. The summed E-state index contributed by atoms with van der Waals surface area (Å²) in [6, 6.07) is 11.1. The van der Waals surface area contributed by atoms with Crippen LogP contribution in [0.25, 0.3) is 0 Å². The normalized spacial score (nSPS) is 17.4. The molecule has 2 heteroatoms. The summed E-state index contributed by atoms with van der Waals surface area (Å²) in [6.45, 7) is 0. The standard InChI is InChI=1S/C16H19NO/c1-17-16(13-9-10-18-11-13)15-8-3-2-7-14(15)12-5-4-6-12/h2-3,7-12,16-17H,4-6H2,1H3. The van der Waals surface area contributed by atoms with Crippen molar-refractivity contribution in [3.63, 3.8) is 0 Å². The summed E-state index contributed by atoms with van der Waals surface area (Å²) in [4.78, 5) is 0. The highest BCUT2D eigenvalue weighted by molar-refractivity contribution is 5.39. The molecule has 0 spiro atoms. The van der Waals surface area contributed by atoms with Crippen LogP contribution < -0.4 is 5.32 Å². The van der Waals surface area contributed by atoms with Crippen molar-refractivity contribution < 1.29 is 4.42 Å². The van der Waals surface area contributed by atoms with Crippen LogP contribution >= 0.6 is 0 Å². The third-order valence-corrected chi connectivity index (χ3v) is 4.02. The van der Waals surface area contributed by atoms with E-state index < -0.39 is 0 Å². The van der Waals surface area contributed by atoms with Gasteiger partial charge in [-0.25, -0.2) is 0 Å². The van der Waals surface area contributed by atoms with Crippen molar-refractivity contribution in [3.05, 3.63) is 59.5 Å². The van der Waals surface area contributed by atoms with Gasteiger partial charge in [0.05, 0.1) is 18.6 Å². The second kappa shape index (κ2) is 4.99. The van der Waals surface area contributed by atoms with Gasteiger partial charge in [-0.2, -0.15) is 0 Å². The first kappa shape index (κ1) is 11.5. The zero-order valence-corrected chi connectivity index (χ0v) is 10.7. The van der Waals surface area contributed by atoms with E-state index in [-0.39, 0.29) is 6.04 Å². The van der Waals surface area contributed by atoms with Crippen LogP contribution in [0.3, 0.4) is 0 Å². The first-order chi connectivity index (χ1) is 8.90. The number of furan rings is 1. The molecule has 1 aromatic carbocycles. The van der Waals surface area contributed by atoms with Crippen molar-refractivity contribution in [2.75, 3.05) is 7.05 Å². The summed E-state index contributed by atoms with van der Waals surface area (Å²) in [5.74, 6) is 0.754. The molecular formula is C16H19NO. The minimum absolute atomic E-state index is 0.237. The van der Waals surface area contributed by atoms with Gasteiger partial charge in [-0.05, 0) is 43.0 Å². The Morgan fingerprint density at radius 2 is 2.06 bits per heavy atom. The van der Waals surface area contributed by atoms with E-state index in [0.29, 0.717) is 0 Å². The molecule has 1 aliphatic rings. The summed E-state index contributed by atoms with van der Waals surface area (Å²) in [6.07, 6.45) is 7.61. The highest BCUT2D eigenvalue weighted by Gasteiger charge is 2.25. The molecule has 18 heavy (non-hydrogen) atoms. The lowest BCUT2D eigenvalue weighted by Gasteiger charge is -2.30. The molecule has 1 aliphatic carbocycles. The molecule has 1 heterocycles. The van der Waals surface area contributed by atoms with Crippen LogP contribution in [0, 0.1) is 0 Å². The van der Waals surface area contributed by atoms with Crippen molar-refractivity contribution >= 4 is 0 Å². The molecule has 2 aromatic rings. The number of benzene rings is 1. The van der Waals surface area contributed by atoms with Crippen molar-refractivity contribution in [1.82, 2.24) is 5.32 Å². The Labute approximate surface area is 108 Å². The fraction of sp³-hybridized carbons (Fsp3) is 0.375. The Bertz CT molecular complexity index is 500. The molecular weight excluding hydrogens is 222 g/mol. The molecule has 2 nitrogen and oxygen atoms in total. The molecule has 0 radical (unpaired) electrons. The van der Waals surface area contributed by atoms with Gasteiger partial charge in [0.15, 0.2) is 0 Å². The van der Waals surface area contributed by atoms with Gasteiger partial charge < -0.3 is 9.73 Å². The zero-order valence-electron chi connectivity index (χ0n) is 10.7. The van der Waals surface area contributed by atoms with E-state index in [1.165, 1.54) is 36.0 Å². The average Bonchev–Trinajstić information content (AvgIpc) is 2.84. The number of nitrogens with one attached hydrogen (secondary N) is 1. The Morgan fingerprint density at radius 1 is 1.22 bits per heavy atom. The lowest BCUT2D eigenvalue weighted by atomic mass is 9.76. The van der Waals surface area contributed by atoms with Crippen LogP contribution in [-0.2, 0) is 0 Å². The first-order valence-corrected chi connectivity index (χ1v) is 6.68. The van der Waals surface area contributed by atoms with Gasteiger partial charge in [-0.3, -0.25) is 0 Å². The molecule has 0 saturated heterocycles. The predicted molar refractivity (Wildman–Crippen MR) is 72.6 cm³/mol. The molecule has 1 fully saturated rings. The van der Waals surface area contributed by atoms with Crippen LogP contribution in [0.15, 0.2) is 47.3 Å². The van der Waals surface area contributed by atoms with Crippen LogP contribution in [0.5, 0.6) is 0 Å². The summed E-state index contributed by atoms with van der Waals surface area (Å²) in [7, 11) is 2.01. The van der Waals surface area contributed by atoms with E-state index >= 15 is 0 Å². The second-order valence-electron chi connectivity index (χ2n) is 5.04. The van der Waals surface area contributed by atoms with E-state index in [1.807, 2.05) is 19.4 Å². The van der Waals surface area contributed by atoms with E-state index in [2.05, 4.69) is 29.6 Å². The molecule has 1 unspecified atom stereocenters. The zero-order chi connectivity index (χ0) is 12.4. The molecule has 0 amide bonds. The van der Waals surface area contributed by atoms with Crippen molar-refractivity contribution in [1.29, 1.82) is 0 Å². The van der Waals surface area contributed by atoms with Crippen molar-refractivity contribution in [2.45, 2.75) is 31.2 Å². The molecule has 94 valence electrons. The molecule has 1 saturated carbocycles. The van der Waals surface area contributed by atoms with Crippen molar-refractivity contribution in [3.8, 4) is 0 Å². The maximum absolute atomic E-state index is 5.22.